The maximum absolute atomic E-state index is 13.7. The van der Waals surface area contributed by atoms with Gasteiger partial charge in [-0.1, -0.05) is 87.5 Å². The predicted molar refractivity (Wildman–Crippen MR) is 166 cm³/mol. The van der Waals surface area contributed by atoms with E-state index in [1.807, 2.05) is 81.4 Å². The first kappa shape index (κ1) is 32.7. The monoisotopic (exact) mass is 587 g/mol. The molecule has 228 valence electrons. The molecule has 0 fully saturated rings. The topological polar surface area (TPSA) is 152 Å². The minimum atomic E-state index is -1.04. The summed E-state index contributed by atoms with van der Waals surface area (Å²) < 4.78 is 5.20. The zero-order valence-electron chi connectivity index (χ0n) is 25.1. The minimum Gasteiger partial charge on any atom is -0.497 e. The summed E-state index contributed by atoms with van der Waals surface area (Å²) in [4.78, 5) is 52.4. The standard InChI is InChI=1S/C33H41N5O5/c1-33(2,3)28(38-32(42)35-24-16-11-17-25(21-24)43-4)31(41)37-27(20-23-14-9-6-10-15-23)30(40)36-26(29(34)39)19-18-22-12-7-5-8-13-22/h5-17,21,26-28H,18-20H2,1-4H3,(H2,34,39)(H,36,40)(H,37,41)(H2,35,38,42)/t26-,27-,28+/m0/s1. The van der Waals surface area contributed by atoms with Crippen LogP contribution >= 0.6 is 0 Å². The Bertz CT molecular complexity index is 1380. The number of rotatable bonds is 13. The summed E-state index contributed by atoms with van der Waals surface area (Å²) in [7, 11) is 1.52. The van der Waals surface area contributed by atoms with E-state index >= 15 is 0 Å². The zero-order valence-corrected chi connectivity index (χ0v) is 25.1. The van der Waals surface area contributed by atoms with Gasteiger partial charge in [0.1, 0.15) is 23.9 Å². The number of benzene rings is 3. The smallest absolute Gasteiger partial charge is 0.319 e. The lowest BCUT2D eigenvalue weighted by Gasteiger charge is -2.32. The van der Waals surface area contributed by atoms with Crippen LogP contribution in [0, 0.1) is 5.41 Å². The van der Waals surface area contributed by atoms with Crippen LogP contribution in [0.3, 0.4) is 0 Å². The van der Waals surface area contributed by atoms with Crippen LogP contribution in [0.4, 0.5) is 10.5 Å². The van der Waals surface area contributed by atoms with Gasteiger partial charge in [0.2, 0.25) is 17.7 Å². The van der Waals surface area contributed by atoms with Crippen molar-refractivity contribution in [3.63, 3.8) is 0 Å². The number of anilines is 1. The van der Waals surface area contributed by atoms with Crippen molar-refractivity contribution in [1.82, 2.24) is 16.0 Å². The predicted octanol–water partition coefficient (Wildman–Crippen LogP) is 3.56. The largest absolute Gasteiger partial charge is 0.497 e. The molecule has 43 heavy (non-hydrogen) atoms. The molecule has 0 heterocycles. The molecule has 0 radical (unpaired) electrons. The molecule has 0 saturated heterocycles. The van der Waals surface area contributed by atoms with Crippen molar-refractivity contribution in [3.05, 3.63) is 96.1 Å². The number of aryl methyl sites for hydroxylation is 1. The molecule has 10 nitrogen and oxygen atoms in total. The van der Waals surface area contributed by atoms with E-state index in [0.717, 1.165) is 11.1 Å². The van der Waals surface area contributed by atoms with Gasteiger partial charge in [0.05, 0.1) is 7.11 Å². The Hall–Kier alpha value is -4.86. The minimum absolute atomic E-state index is 0.162. The third-order valence-corrected chi connectivity index (χ3v) is 6.87. The number of amides is 5. The van der Waals surface area contributed by atoms with Gasteiger partial charge in [0, 0.05) is 18.2 Å². The van der Waals surface area contributed by atoms with E-state index in [-0.39, 0.29) is 6.42 Å². The Kier molecular flexibility index (Phi) is 11.7. The molecule has 0 bridgehead atoms. The highest BCUT2D eigenvalue weighted by Crippen LogP contribution is 2.21. The van der Waals surface area contributed by atoms with Crippen LogP contribution in [-0.4, -0.2) is 49.0 Å². The molecule has 0 unspecified atom stereocenters. The molecule has 0 aliphatic rings. The van der Waals surface area contributed by atoms with Crippen molar-refractivity contribution in [2.45, 2.75) is 58.2 Å². The highest BCUT2D eigenvalue weighted by molar-refractivity contribution is 5.96. The normalized spacial score (nSPS) is 13.1. The Morgan fingerprint density at radius 1 is 0.767 bits per heavy atom. The van der Waals surface area contributed by atoms with Gasteiger partial charge in [-0.15, -0.1) is 0 Å². The number of hydrogen-bond donors (Lipinski definition) is 5. The molecule has 5 amide bonds. The molecule has 0 spiro atoms. The number of methoxy groups -OCH3 is 1. The van der Waals surface area contributed by atoms with Crippen LogP contribution in [0.5, 0.6) is 5.75 Å². The van der Waals surface area contributed by atoms with E-state index in [1.165, 1.54) is 7.11 Å². The summed E-state index contributed by atoms with van der Waals surface area (Å²) in [6.45, 7) is 5.42. The van der Waals surface area contributed by atoms with Crippen molar-refractivity contribution >= 4 is 29.4 Å². The number of urea groups is 1. The number of carbonyl (C=O) groups is 4. The highest BCUT2D eigenvalue weighted by Gasteiger charge is 2.35. The lowest BCUT2D eigenvalue weighted by Crippen LogP contribution is -2.60. The van der Waals surface area contributed by atoms with E-state index in [1.54, 1.807) is 24.3 Å². The van der Waals surface area contributed by atoms with Gasteiger partial charge in [-0.05, 0) is 41.5 Å². The molecule has 3 aromatic rings. The van der Waals surface area contributed by atoms with Gasteiger partial charge in [-0.2, -0.15) is 0 Å². The molecular weight excluding hydrogens is 546 g/mol. The molecule has 10 heteroatoms. The number of carbonyl (C=O) groups excluding carboxylic acids is 4. The Morgan fingerprint density at radius 3 is 1.95 bits per heavy atom. The van der Waals surface area contributed by atoms with E-state index in [2.05, 4.69) is 21.3 Å². The molecule has 3 atom stereocenters. The third kappa shape index (κ3) is 10.5. The van der Waals surface area contributed by atoms with Gasteiger partial charge < -0.3 is 31.7 Å². The molecule has 0 aromatic heterocycles. The second kappa shape index (κ2) is 15.4. The summed E-state index contributed by atoms with van der Waals surface area (Å²) in [5, 5.41) is 11.0. The first-order valence-corrected chi connectivity index (χ1v) is 14.2. The van der Waals surface area contributed by atoms with E-state index in [4.69, 9.17) is 10.5 Å². The average molecular weight is 588 g/mol. The summed E-state index contributed by atoms with van der Waals surface area (Å²) in [5.41, 5.74) is 7.22. The molecule has 0 aliphatic carbocycles. The van der Waals surface area contributed by atoms with Crippen LogP contribution in [-0.2, 0) is 27.2 Å². The fraction of sp³-hybridized carbons (Fsp3) is 0.333. The number of ether oxygens (including phenoxy) is 1. The molecule has 3 aromatic carbocycles. The SMILES string of the molecule is COc1cccc(NC(=O)N[C@H](C(=O)N[C@@H](Cc2ccccc2)C(=O)N[C@@H](CCc2ccccc2)C(N)=O)C(C)(C)C)c1. The number of hydrogen-bond acceptors (Lipinski definition) is 5. The Labute approximate surface area is 252 Å². The van der Waals surface area contributed by atoms with Crippen LogP contribution < -0.4 is 31.7 Å². The highest BCUT2D eigenvalue weighted by atomic mass is 16.5. The first-order chi connectivity index (χ1) is 20.5. The quantitative estimate of drug-likeness (QED) is 0.207. The number of primary amides is 1. The average Bonchev–Trinajstić information content (AvgIpc) is 2.98. The van der Waals surface area contributed by atoms with Gasteiger partial charge in [-0.25, -0.2) is 4.79 Å². The van der Waals surface area contributed by atoms with Gasteiger partial charge in [0.25, 0.3) is 0 Å². The summed E-state index contributed by atoms with van der Waals surface area (Å²) >= 11 is 0. The maximum Gasteiger partial charge on any atom is 0.319 e. The van der Waals surface area contributed by atoms with Crippen molar-refractivity contribution in [2.75, 3.05) is 12.4 Å². The lowest BCUT2D eigenvalue weighted by atomic mass is 9.86. The number of nitrogens with two attached hydrogens (primary N) is 1. The summed E-state index contributed by atoms with van der Waals surface area (Å²) in [5.74, 6) is -1.21. The Balaban J connectivity index is 1.76. The van der Waals surface area contributed by atoms with Crippen molar-refractivity contribution in [3.8, 4) is 5.75 Å². The summed E-state index contributed by atoms with van der Waals surface area (Å²) in [6.07, 6.45) is 0.992. The van der Waals surface area contributed by atoms with Crippen molar-refractivity contribution in [1.29, 1.82) is 0 Å². The van der Waals surface area contributed by atoms with Crippen molar-refractivity contribution < 1.29 is 23.9 Å². The van der Waals surface area contributed by atoms with Crippen LogP contribution in [0.25, 0.3) is 0 Å². The molecule has 3 rings (SSSR count). The van der Waals surface area contributed by atoms with Gasteiger partial charge in [-0.3, -0.25) is 14.4 Å². The zero-order chi connectivity index (χ0) is 31.4. The van der Waals surface area contributed by atoms with Gasteiger partial charge in [0.15, 0.2) is 0 Å². The molecule has 0 saturated carbocycles. The third-order valence-electron chi connectivity index (χ3n) is 6.87. The molecule has 0 aliphatic heterocycles. The second-order valence-electron chi connectivity index (χ2n) is 11.4. The lowest BCUT2D eigenvalue weighted by molar-refractivity contribution is -0.132. The van der Waals surface area contributed by atoms with Crippen molar-refractivity contribution in [2.24, 2.45) is 11.1 Å². The fourth-order valence-corrected chi connectivity index (χ4v) is 4.50. The maximum atomic E-state index is 13.7. The van der Waals surface area contributed by atoms with E-state index < -0.39 is 47.3 Å². The van der Waals surface area contributed by atoms with E-state index in [0.29, 0.717) is 24.3 Å². The van der Waals surface area contributed by atoms with Crippen LogP contribution in [0.1, 0.15) is 38.3 Å². The summed E-state index contributed by atoms with van der Waals surface area (Å²) in [6, 6.07) is 22.0. The second-order valence-corrected chi connectivity index (χ2v) is 11.4. The van der Waals surface area contributed by atoms with E-state index in [9.17, 15) is 19.2 Å². The number of nitrogens with one attached hydrogen (secondary N) is 4. The fourth-order valence-electron chi connectivity index (χ4n) is 4.50. The Morgan fingerprint density at radius 2 is 1.37 bits per heavy atom. The van der Waals surface area contributed by atoms with Crippen LogP contribution in [0.2, 0.25) is 0 Å². The van der Waals surface area contributed by atoms with Crippen LogP contribution in [0.15, 0.2) is 84.9 Å². The first-order valence-electron chi connectivity index (χ1n) is 14.2. The van der Waals surface area contributed by atoms with Gasteiger partial charge >= 0.3 is 6.03 Å². The molecule has 6 N–H and O–H groups in total. The molecular formula is C33H41N5O5.